The van der Waals surface area contributed by atoms with Gasteiger partial charge < -0.3 is 10.1 Å². The summed E-state index contributed by atoms with van der Waals surface area (Å²) in [6.45, 7) is 0. The molecule has 0 aliphatic heterocycles. The first-order chi connectivity index (χ1) is 7.24. The molecule has 72 valence electrons. The predicted molar refractivity (Wildman–Crippen MR) is 53.1 cm³/mol. The van der Waals surface area contributed by atoms with Crippen molar-refractivity contribution in [1.29, 1.82) is 5.26 Å². The number of aromatic nitrogens is 1. The minimum atomic E-state index is -0.580. The van der Waals surface area contributed by atoms with Gasteiger partial charge in [0.15, 0.2) is 0 Å². The molecule has 0 bridgehead atoms. The van der Waals surface area contributed by atoms with Crippen LogP contribution in [-0.2, 0) is 0 Å². The summed E-state index contributed by atoms with van der Waals surface area (Å²) in [6, 6.07) is 8.50. The van der Waals surface area contributed by atoms with Crippen LogP contribution in [0.4, 0.5) is 5.82 Å². The van der Waals surface area contributed by atoms with E-state index in [1.807, 2.05) is 6.07 Å². The van der Waals surface area contributed by atoms with Crippen molar-refractivity contribution in [3.8, 4) is 6.07 Å². The molecule has 0 aliphatic carbocycles. The molecule has 0 N–H and O–H groups in total. The van der Waals surface area contributed by atoms with Crippen molar-refractivity contribution in [2.75, 3.05) is 0 Å². The van der Waals surface area contributed by atoms with Gasteiger partial charge >= 0.3 is 5.82 Å². The molecule has 1 aromatic carbocycles. The summed E-state index contributed by atoms with van der Waals surface area (Å²) in [5.74, 6) is -0.273. The second-order valence-corrected chi connectivity index (χ2v) is 2.91. The van der Waals surface area contributed by atoms with E-state index in [1.54, 1.807) is 18.2 Å². The Morgan fingerprint density at radius 2 is 2.20 bits per heavy atom. The van der Waals surface area contributed by atoms with Gasteiger partial charge in [-0.2, -0.15) is 5.26 Å². The maximum absolute atomic E-state index is 10.7. The van der Waals surface area contributed by atoms with E-state index in [0.717, 1.165) is 0 Å². The first-order valence-electron chi connectivity index (χ1n) is 4.16. The SMILES string of the molecule is N#Cc1cccc2ccnc([N+](=O)[O-])c12. The van der Waals surface area contributed by atoms with Crippen LogP contribution < -0.4 is 0 Å². The lowest BCUT2D eigenvalue weighted by Crippen LogP contribution is -1.94. The maximum Gasteiger partial charge on any atom is 0.372 e. The molecule has 0 amide bonds. The topological polar surface area (TPSA) is 79.8 Å². The van der Waals surface area contributed by atoms with Crippen molar-refractivity contribution >= 4 is 16.6 Å². The van der Waals surface area contributed by atoms with E-state index in [2.05, 4.69) is 4.98 Å². The highest BCUT2D eigenvalue weighted by Crippen LogP contribution is 2.25. The third kappa shape index (κ3) is 1.38. The predicted octanol–water partition coefficient (Wildman–Crippen LogP) is 2.01. The molecule has 0 atom stereocenters. The second kappa shape index (κ2) is 3.35. The molecule has 0 saturated carbocycles. The number of nitriles is 1. The summed E-state index contributed by atoms with van der Waals surface area (Å²) in [6.07, 6.45) is 1.36. The van der Waals surface area contributed by atoms with Gasteiger partial charge in [0, 0.05) is 0 Å². The molecular weight excluding hydrogens is 194 g/mol. The zero-order chi connectivity index (χ0) is 10.8. The number of rotatable bonds is 1. The average Bonchev–Trinajstić information content (AvgIpc) is 2.27. The third-order valence-electron chi connectivity index (χ3n) is 2.06. The molecule has 0 unspecified atom stereocenters. The molecular formula is C10H5N3O2. The van der Waals surface area contributed by atoms with Crippen molar-refractivity contribution < 1.29 is 4.92 Å². The molecule has 0 fully saturated rings. The zero-order valence-electron chi connectivity index (χ0n) is 7.54. The van der Waals surface area contributed by atoms with Gasteiger partial charge in [0.2, 0.25) is 0 Å². The number of fused-ring (bicyclic) bond motifs is 1. The Labute approximate surface area is 84.7 Å². The molecule has 5 nitrogen and oxygen atoms in total. The Balaban J connectivity index is 2.95. The number of hydrogen-bond acceptors (Lipinski definition) is 4. The van der Waals surface area contributed by atoms with Crippen LogP contribution in [0.2, 0.25) is 0 Å². The summed E-state index contributed by atoms with van der Waals surface area (Å²) in [5, 5.41) is 20.5. The van der Waals surface area contributed by atoms with Crippen molar-refractivity contribution in [2.24, 2.45) is 0 Å². The number of hydrogen-bond donors (Lipinski definition) is 0. The minimum Gasteiger partial charge on any atom is -0.358 e. The largest absolute Gasteiger partial charge is 0.372 e. The van der Waals surface area contributed by atoms with Crippen molar-refractivity contribution in [1.82, 2.24) is 4.98 Å². The fourth-order valence-corrected chi connectivity index (χ4v) is 1.44. The van der Waals surface area contributed by atoms with Gasteiger partial charge in [-0.3, -0.25) is 0 Å². The quantitative estimate of drug-likeness (QED) is 0.519. The van der Waals surface area contributed by atoms with Crippen molar-refractivity contribution in [3.63, 3.8) is 0 Å². The highest BCUT2D eigenvalue weighted by atomic mass is 16.6. The van der Waals surface area contributed by atoms with E-state index in [9.17, 15) is 10.1 Å². The lowest BCUT2D eigenvalue weighted by atomic mass is 10.1. The van der Waals surface area contributed by atoms with E-state index in [1.165, 1.54) is 12.3 Å². The lowest BCUT2D eigenvalue weighted by molar-refractivity contribution is -0.387. The summed E-state index contributed by atoms with van der Waals surface area (Å²) < 4.78 is 0. The van der Waals surface area contributed by atoms with Gasteiger partial charge in [0.1, 0.15) is 12.3 Å². The fraction of sp³-hybridized carbons (Fsp3) is 0. The molecule has 5 heteroatoms. The Morgan fingerprint density at radius 3 is 2.87 bits per heavy atom. The molecule has 15 heavy (non-hydrogen) atoms. The molecule has 2 rings (SSSR count). The van der Waals surface area contributed by atoms with Crippen LogP contribution in [0.25, 0.3) is 10.8 Å². The van der Waals surface area contributed by atoms with Crippen LogP contribution >= 0.6 is 0 Å². The van der Waals surface area contributed by atoms with E-state index >= 15 is 0 Å². The highest BCUT2D eigenvalue weighted by Gasteiger charge is 2.15. The molecule has 0 radical (unpaired) electrons. The number of pyridine rings is 1. The molecule has 2 aromatic rings. The van der Waals surface area contributed by atoms with Gasteiger partial charge in [-0.05, 0) is 27.4 Å². The van der Waals surface area contributed by atoms with E-state index < -0.39 is 4.92 Å². The smallest absolute Gasteiger partial charge is 0.358 e. The molecule has 0 saturated heterocycles. The Bertz CT molecular complexity index is 581. The van der Waals surface area contributed by atoms with Gasteiger partial charge in [-0.25, -0.2) is 0 Å². The monoisotopic (exact) mass is 199 g/mol. The fourth-order valence-electron chi connectivity index (χ4n) is 1.44. The van der Waals surface area contributed by atoms with E-state index in [4.69, 9.17) is 5.26 Å². The number of benzene rings is 1. The minimum absolute atomic E-state index is 0.271. The molecule has 1 heterocycles. The molecule has 1 aromatic heterocycles. The van der Waals surface area contributed by atoms with Crippen LogP contribution in [-0.4, -0.2) is 9.91 Å². The van der Waals surface area contributed by atoms with Gasteiger partial charge in [0.25, 0.3) is 0 Å². The van der Waals surface area contributed by atoms with Crippen molar-refractivity contribution in [2.45, 2.75) is 0 Å². The number of nitro groups is 1. The summed E-state index contributed by atoms with van der Waals surface area (Å²) in [5.41, 5.74) is 0.271. The molecule has 0 spiro atoms. The first-order valence-corrected chi connectivity index (χ1v) is 4.16. The summed E-state index contributed by atoms with van der Waals surface area (Å²) >= 11 is 0. The van der Waals surface area contributed by atoms with Crippen LogP contribution in [0.5, 0.6) is 0 Å². The Hall–Kier alpha value is -2.48. The van der Waals surface area contributed by atoms with Crippen LogP contribution in [0, 0.1) is 21.4 Å². The zero-order valence-corrected chi connectivity index (χ0v) is 7.54. The first kappa shape index (κ1) is 9.09. The Morgan fingerprint density at radius 1 is 1.40 bits per heavy atom. The standard InChI is InChI=1S/C10H5N3O2/c11-6-8-3-1-2-7-4-5-12-10(9(7)8)13(14)15/h1-5H. The van der Waals surface area contributed by atoms with Gasteiger partial charge in [-0.15, -0.1) is 0 Å². The number of nitrogens with zero attached hydrogens (tertiary/aromatic N) is 3. The lowest BCUT2D eigenvalue weighted by Gasteiger charge is -1.99. The second-order valence-electron chi connectivity index (χ2n) is 2.91. The summed E-state index contributed by atoms with van der Waals surface area (Å²) in [4.78, 5) is 13.8. The maximum atomic E-state index is 10.7. The van der Waals surface area contributed by atoms with E-state index in [-0.39, 0.29) is 11.4 Å². The van der Waals surface area contributed by atoms with Crippen LogP contribution in [0.1, 0.15) is 5.56 Å². The normalized spacial score (nSPS) is 9.80. The average molecular weight is 199 g/mol. The highest BCUT2D eigenvalue weighted by molar-refractivity contribution is 5.93. The Kier molecular flexibility index (Phi) is 2.03. The summed E-state index contributed by atoms with van der Waals surface area (Å²) in [7, 11) is 0. The van der Waals surface area contributed by atoms with E-state index in [0.29, 0.717) is 10.8 Å². The van der Waals surface area contributed by atoms with Crippen LogP contribution in [0.15, 0.2) is 30.5 Å². The molecule has 0 aliphatic rings. The van der Waals surface area contributed by atoms with Crippen molar-refractivity contribution in [3.05, 3.63) is 46.1 Å². The third-order valence-corrected chi connectivity index (χ3v) is 2.06. The van der Waals surface area contributed by atoms with Gasteiger partial charge in [-0.1, -0.05) is 12.1 Å². The van der Waals surface area contributed by atoms with Crippen LogP contribution in [0.3, 0.4) is 0 Å². The van der Waals surface area contributed by atoms with Gasteiger partial charge in [0.05, 0.1) is 10.9 Å².